The zero-order valence-corrected chi connectivity index (χ0v) is 15.5. The first kappa shape index (κ1) is 21.2. The molecular formula is C18H17N3O8. The molecule has 0 saturated heterocycles. The molecule has 152 valence electrons. The summed E-state index contributed by atoms with van der Waals surface area (Å²) in [5.74, 6) is -1.54. The zero-order valence-electron chi connectivity index (χ0n) is 15.5. The second-order valence-corrected chi connectivity index (χ2v) is 5.48. The molecule has 0 bridgehead atoms. The van der Waals surface area contributed by atoms with Crippen molar-refractivity contribution in [3.63, 3.8) is 0 Å². The standard InChI is InChI=1S/C18H17N3O8/c1-27-14-7-12(8-15(9-14)28-2)18(24)29-10-16(22)19-20-17(23)11-3-5-13(6-4-11)21(25)26/h3-9H,10H2,1-2H3,(H,19,22)(H,20,23). The largest absolute Gasteiger partial charge is 0.497 e. The van der Waals surface area contributed by atoms with Crippen LogP contribution in [0.25, 0.3) is 0 Å². The molecule has 11 nitrogen and oxygen atoms in total. The molecule has 0 aliphatic carbocycles. The van der Waals surface area contributed by atoms with Crippen molar-refractivity contribution in [3.05, 3.63) is 63.7 Å². The van der Waals surface area contributed by atoms with E-state index < -0.39 is 29.3 Å². The number of nitro benzene ring substituents is 1. The Morgan fingerprint density at radius 3 is 2.03 bits per heavy atom. The molecule has 0 aliphatic rings. The van der Waals surface area contributed by atoms with Crippen LogP contribution in [-0.2, 0) is 9.53 Å². The smallest absolute Gasteiger partial charge is 0.338 e. The van der Waals surface area contributed by atoms with E-state index >= 15 is 0 Å². The van der Waals surface area contributed by atoms with Crippen LogP contribution in [0.15, 0.2) is 42.5 Å². The highest BCUT2D eigenvalue weighted by Crippen LogP contribution is 2.22. The van der Waals surface area contributed by atoms with Crippen LogP contribution >= 0.6 is 0 Å². The van der Waals surface area contributed by atoms with Crippen molar-refractivity contribution < 1.29 is 33.5 Å². The second kappa shape index (κ2) is 9.69. The van der Waals surface area contributed by atoms with Crippen LogP contribution in [0.2, 0.25) is 0 Å². The number of amides is 2. The molecular weight excluding hydrogens is 386 g/mol. The van der Waals surface area contributed by atoms with Crippen molar-refractivity contribution in [2.45, 2.75) is 0 Å². The van der Waals surface area contributed by atoms with E-state index in [1.165, 1.54) is 38.5 Å². The van der Waals surface area contributed by atoms with Gasteiger partial charge in [0.15, 0.2) is 6.61 Å². The Kier molecular flexibility index (Phi) is 7.07. The van der Waals surface area contributed by atoms with E-state index in [0.717, 1.165) is 12.1 Å². The molecule has 2 rings (SSSR count). The lowest BCUT2D eigenvalue weighted by atomic mass is 10.2. The van der Waals surface area contributed by atoms with Gasteiger partial charge in [-0.2, -0.15) is 0 Å². The highest BCUT2D eigenvalue weighted by molar-refractivity contribution is 5.96. The van der Waals surface area contributed by atoms with Crippen LogP contribution in [0.4, 0.5) is 5.69 Å². The third kappa shape index (κ3) is 5.92. The van der Waals surface area contributed by atoms with Crippen LogP contribution < -0.4 is 20.3 Å². The van der Waals surface area contributed by atoms with Crippen LogP contribution in [0, 0.1) is 10.1 Å². The first-order valence-electron chi connectivity index (χ1n) is 8.08. The summed E-state index contributed by atoms with van der Waals surface area (Å²) in [6, 6.07) is 9.17. The van der Waals surface area contributed by atoms with Gasteiger partial charge < -0.3 is 14.2 Å². The first-order chi connectivity index (χ1) is 13.8. The summed E-state index contributed by atoms with van der Waals surface area (Å²) in [6.07, 6.45) is 0. The van der Waals surface area contributed by atoms with E-state index in [1.807, 2.05) is 0 Å². The van der Waals surface area contributed by atoms with Crippen LogP contribution in [0.1, 0.15) is 20.7 Å². The van der Waals surface area contributed by atoms with Crippen LogP contribution in [0.5, 0.6) is 11.5 Å². The SMILES string of the molecule is COc1cc(OC)cc(C(=O)OCC(=O)NNC(=O)c2ccc([N+](=O)[O-])cc2)c1. The summed E-state index contributed by atoms with van der Waals surface area (Å²) in [6.45, 7) is -0.654. The predicted molar refractivity (Wildman–Crippen MR) is 98.5 cm³/mol. The molecule has 0 aromatic heterocycles. The third-order valence-electron chi connectivity index (χ3n) is 3.58. The lowest BCUT2D eigenvalue weighted by Crippen LogP contribution is -2.43. The van der Waals surface area contributed by atoms with Gasteiger partial charge in [0.05, 0.1) is 24.7 Å². The maximum atomic E-state index is 12.1. The molecule has 0 fully saturated rings. The van der Waals surface area contributed by atoms with Gasteiger partial charge in [0, 0.05) is 23.8 Å². The number of rotatable bonds is 7. The van der Waals surface area contributed by atoms with Gasteiger partial charge in [-0.05, 0) is 24.3 Å². The topological polar surface area (TPSA) is 146 Å². The fourth-order valence-corrected chi connectivity index (χ4v) is 2.11. The molecule has 0 atom stereocenters. The van der Waals surface area contributed by atoms with E-state index in [0.29, 0.717) is 11.5 Å². The molecule has 29 heavy (non-hydrogen) atoms. The molecule has 2 amide bonds. The van der Waals surface area contributed by atoms with Gasteiger partial charge in [-0.3, -0.25) is 30.6 Å². The Balaban J connectivity index is 1.85. The fraction of sp³-hybridized carbons (Fsp3) is 0.167. The van der Waals surface area contributed by atoms with E-state index in [-0.39, 0.29) is 16.8 Å². The van der Waals surface area contributed by atoms with Gasteiger partial charge in [-0.1, -0.05) is 0 Å². The molecule has 2 aromatic carbocycles. The molecule has 2 aromatic rings. The Hall–Kier alpha value is -4.15. The van der Waals surface area contributed by atoms with Crippen molar-refractivity contribution >= 4 is 23.5 Å². The maximum absolute atomic E-state index is 12.1. The van der Waals surface area contributed by atoms with Gasteiger partial charge >= 0.3 is 5.97 Å². The number of hydrazine groups is 1. The van der Waals surface area contributed by atoms with Gasteiger partial charge in [-0.15, -0.1) is 0 Å². The number of ether oxygens (including phenoxy) is 3. The normalized spacial score (nSPS) is 9.86. The van der Waals surface area contributed by atoms with E-state index in [2.05, 4.69) is 10.9 Å². The van der Waals surface area contributed by atoms with Crippen molar-refractivity contribution in [3.8, 4) is 11.5 Å². The van der Waals surface area contributed by atoms with Crippen molar-refractivity contribution in [2.24, 2.45) is 0 Å². The lowest BCUT2D eigenvalue weighted by Gasteiger charge is -2.10. The minimum atomic E-state index is -0.793. The summed E-state index contributed by atoms with van der Waals surface area (Å²) >= 11 is 0. The van der Waals surface area contributed by atoms with Crippen molar-refractivity contribution in [1.29, 1.82) is 0 Å². The number of carbonyl (C=O) groups excluding carboxylic acids is 3. The average molecular weight is 403 g/mol. The molecule has 0 saturated carbocycles. The number of hydrogen-bond donors (Lipinski definition) is 2. The van der Waals surface area contributed by atoms with Gasteiger partial charge in [0.1, 0.15) is 11.5 Å². The Morgan fingerprint density at radius 1 is 0.931 bits per heavy atom. The fourth-order valence-electron chi connectivity index (χ4n) is 2.11. The monoisotopic (exact) mass is 403 g/mol. The molecule has 11 heteroatoms. The summed E-state index contributed by atoms with van der Waals surface area (Å²) < 4.78 is 15.0. The number of nitrogens with zero attached hydrogens (tertiary/aromatic N) is 1. The number of esters is 1. The Labute approximate surface area is 164 Å². The van der Waals surface area contributed by atoms with Gasteiger partial charge in [0.2, 0.25) is 0 Å². The number of methoxy groups -OCH3 is 2. The predicted octanol–water partition coefficient (Wildman–Crippen LogP) is 1.23. The van der Waals surface area contributed by atoms with Gasteiger partial charge in [0.25, 0.3) is 17.5 Å². The summed E-state index contributed by atoms with van der Waals surface area (Å²) in [5, 5.41) is 10.6. The van der Waals surface area contributed by atoms with Crippen molar-refractivity contribution in [2.75, 3.05) is 20.8 Å². The van der Waals surface area contributed by atoms with Crippen LogP contribution in [0.3, 0.4) is 0 Å². The summed E-state index contributed by atoms with van der Waals surface area (Å²) in [7, 11) is 2.84. The van der Waals surface area contributed by atoms with Crippen LogP contribution in [-0.4, -0.2) is 43.5 Å². The van der Waals surface area contributed by atoms with Crippen molar-refractivity contribution in [1.82, 2.24) is 10.9 Å². The van der Waals surface area contributed by atoms with E-state index in [4.69, 9.17) is 14.2 Å². The third-order valence-corrected chi connectivity index (χ3v) is 3.58. The quantitative estimate of drug-likeness (QED) is 0.399. The minimum absolute atomic E-state index is 0.0939. The molecule has 0 heterocycles. The number of benzene rings is 2. The molecule has 2 N–H and O–H groups in total. The molecule has 0 aliphatic heterocycles. The van der Waals surface area contributed by atoms with E-state index in [1.54, 1.807) is 6.07 Å². The first-order valence-corrected chi connectivity index (χ1v) is 8.08. The number of non-ortho nitro benzene ring substituents is 1. The molecule has 0 unspecified atom stereocenters. The van der Waals surface area contributed by atoms with E-state index in [9.17, 15) is 24.5 Å². The maximum Gasteiger partial charge on any atom is 0.338 e. The van der Waals surface area contributed by atoms with Gasteiger partial charge in [-0.25, -0.2) is 4.79 Å². The number of hydrogen-bond acceptors (Lipinski definition) is 8. The number of nitrogens with one attached hydrogen (secondary N) is 2. The summed E-state index contributed by atoms with van der Waals surface area (Å²) in [4.78, 5) is 45.7. The minimum Gasteiger partial charge on any atom is -0.497 e. The molecule has 0 spiro atoms. The lowest BCUT2D eigenvalue weighted by molar-refractivity contribution is -0.384. The Bertz CT molecular complexity index is 905. The zero-order chi connectivity index (χ0) is 21.4. The summed E-state index contributed by atoms with van der Waals surface area (Å²) in [5.41, 5.74) is 4.21. The molecule has 0 radical (unpaired) electrons. The number of carbonyl (C=O) groups is 3. The Morgan fingerprint density at radius 2 is 1.52 bits per heavy atom. The second-order valence-electron chi connectivity index (χ2n) is 5.48. The highest BCUT2D eigenvalue weighted by Gasteiger charge is 2.14. The number of nitro groups is 1. The highest BCUT2D eigenvalue weighted by atomic mass is 16.6. The average Bonchev–Trinajstić information content (AvgIpc) is 2.75.